The SMILES string of the molecule is CC(C)(C)OC(=O)N1CCC[C@H]1CSc1cnc2ccccc2n1. The molecule has 1 aliphatic rings. The molecule has 128 valence electrons. The lowest BCUT2D eigenvalue weighted by atomic mass is 10.2. The highest BCUT2D eigenvalue weighted by Gasteiger charge is 2.32. The first-order valence-electron chi connectivity index (χ1n) is 8.26. The summed E-state index contributed by atoms with van der Waals surface area (Å²) in [6.45, 7) is 6.46. The molecule has 0 N–H and O–H groups in total. The van der Waals surface area contributed by atoms with E-state index in [4.69, 9.17) is 4.74 Å². The van der Waals surface area contributed by atoms with Gasteiger partial charge in [-0.25, -0.2) is 9.78 Å². The third kappa shape index (κ3) is 4.17. The van der Waals surface area contributed by atoms with E-state index in [1.54, 1.807) is 18.0 Å². The molecule has 2 aromatic rings. The van der Waals surface area contributed by atoms with Crippen LogP contribution in [-0.4, -0.2) is 44.9 Å². The van der Waals surface area contributed by atoms with Crippen molar-refractivity contribution in [3.8, 4) is 0 Å². The average Bonchev–Trinajstić information content (AvgIpc) is 3.00. The molecule has 0 radical (unpaired) electrons. The molecule has 24 heavy (non-hydrogen) atoms. The number of carbonyl (C=O) groups is 1. The van der Waals surface area contributed by atoms with E-state index in [1.165, 1.54) is 0 Å². The molecule has 1 amide bonds. The fourth-order valence-corrected chi connectivity index (χ4v) is 3.76. The van der Waals surface area contributed by atoms with E-state index in [9.17, 15) is 4.79 Å². The van der Waals surface area contributed by atoms with Crippen molar-refractivity contribution in [2.45, 2.75) is 50.3 Å². The standard InChI is InChI=1S/C18H23N3O2S/c1-18(2,3)23-17(22)21-10-6-7-13(21)12-24-16-11-19-14-8-4-5-9-15(14)20-16/h4-5,8-9,11,13H,6-7,10,12H2,1-3H3/t13-/m0/s1. The molecule has 0 aliphatic carbocycles. The Balaban J connectivity index is 1.63. The van der Waals surface area contributed by atoms with E-state index in [0.717, 1.165) is 41.2 Å². The Morgan fingerprint density at radius 1 is 1.33 bits per heavy atom. The number of amides is 1. The monoisotopic (exact) mass is 345 g/mol. The van der Waals surface area contributed by atoms with Gasteiger partial charge in [0.15, 0.2) is 0 Å². The highest BCUT2D eigenvalue weighted by Crippen LogP contribution is 2.26. The Morgan fingerprint density at radius 2 is 2.08 bits per heavy atom. The van der Waals surface area contributed by atoms with Crippen molar-refractivity contribution in [3.63, 3.8) is 0 Å². The van der Waals surface area contributed by atoms with Crippen molar-refractivity contribution in [1.29, 1.82) is 0 Å². The van der Waals surface area contributed by atoms with E-state index in [0.29, 0.717) is 0 Å². The van der Waals surface area contributed by atoms with E-state index < -0.39 is 5.60 Å². The second-order valence-corrected chi connectivity index (χ2v) is 8.02. The molecule has 0 bridgehead atoms. The molecule has 6 heteroatoms. The minimum Gasteiger partial charge on any atom is -0.444 e. The summed E-state index contributed by atoms with van der Waals surface area (Å²) >= 11 is 1.65. The lowest BCUT2D eigenvalue weighted by molar-refractivity contribution is 0.0242. The van der Waals surface area contributed by atoms with E-state index in [-0.39, 0.29) is 12.1 Å². The van der Waals surface area contributed by atoms with Gasteiger partial charge >= 0.3 is 6.09 Å². The Morgan fingerprint density at radius 3 is 2.83 bits per heavy atom. The van der Waals surface area contributed by atoms with Crippen LogP contribution in [0.1, 0.15) is 33.6 Å². The highest BCUT2D eigenvalue weighted by molar-refractivity contribution is 7.99. The number of rotatable bonds is 3. The summed E-state index contributed by atoms with van der Waals surface area (Å²) in [5, 5.41) is 0.893. The van der Waals surface area contributed by atoms with Crippen LogP contribution in [0.5, 0.6) is 0 Å². The molecule has 1 fully saturated rings. The Bertz CT molecular complexity index is 730. The van der Waals surface area contributed by atoms with Crippen LogP contribution in [0, 0.1) is 0 Å². The summed E-state index contributed by atoms with van der Waals surface area (Å²) in [6, 6.07) is 8.04. The number of hydrogen-bond acceptors (Lipinski definition) is 5. The molecule has 2 heterocycles. The molecule has 1 aromatic heterocycles. The number of likely N-dealkylation sites (tertiary alicyclic amines) is 1. The maximum absolute atomic E-state index is 12.3. The van der Waals surface area contributed by atoms with Gasteiger partial charge in [0, 0.05) is 18.3 Å². The van der Waals surface area contributed by atoms with Crippen molar-refractivity contribution in [3.05, 3.63) is 30.5 Å². The lowest BCUT2D eigenvalue weighted by Crippen LogP contribution is -2.40. The first-order chi connectivity index (χ1) is 11.4. The van der Waals surface area contributed by atoms with Gasteiger partial charge in [0.05, 0.1) is 17.2 Å². The number of hydrogen-bond donors (Lipinski definition) is 0. The summed E-state index contributed by atoms with van der Waals surface area (Å²) in [7, 11) is 0. The molecule has 3 rings (SSSR count). The van der Waals surface area contributed by atoms with Crippen molar-refractivity contribution < 1.29 is 9.53 Å². The number of benzene rings is 1. The highest BCUT2D eigenvalue weighted by atomic mass is 32.2. The molecule has 1 saturated heterocycles. The van der Waals surface area contributed by atoms with Gasteiger partial charge in [-0.15, -0.1) is 11.8 Å². The fourth-order valence-electron chi connectivity index (χ4n) is 2.76. The summed E-state index contributed by atoms with van der Waals surface area (Å²) < 4.78 is 5.51. The third-order valence-corrected chi connectivity index (χ3v) is 4.90. The zero-order valence-electron chi connectivity index (χ0n) is 14.4. The second kappa shape index (κ2) is 6.97. The van der Waals surface area contributed by atoms with Gasteiger partial charge in [0.2, 0.25) is 0 Å². The maximum Gasteiger partial charge on any atom is 0.410 e. The number of fused-ring (bicyclic) bond motifs is 1. The van der Waals surface area contributed by atoms with Gasteiger partial charge in [0.25, 0.3) is 0 Å². The average molecular weight is 345 g/mol. The van der Waals surface area contributed by atoms with Crippen LogP contribution in [0.15, 0.2) is 35.5 Å². The van der Waals surface area contributed by atoms with Crippen LogP contribution in [0.3, 0.4) is 0 Å². The Labute approximate surface area is 146 Å². The predicted octanol–water partition coefficient (Wildman–Crippen LogP) is 4.12. The van der Waals surface area contributed by atoms with Gasteiger partial charge in [-0.05, 0) is 45.7 Å². The molecular weight excluding hydrogens is 322 g/mol. The van der Waals surface area contributed by atoms with Gasteiger partial charge in [-0.1, -0.05) is 12.1 Å². The Kier molecular flexibility index (Phi) is 4.94. The minimum atomic E-state index is -0.457. The summed E-state index contributed by atoms with van der Waals surface area (Å²) in [4.78, 5) is 23.2. The topological polar surface area (TPSA) is 55.3 Å². The quantitative estimate of drug-likeness (QED) is 0.783. The predicted molar refractivity (Wildman–Crippen MR) is 96.2 cm³/mol. The van der Waals surface area contributed by atoms with E-state index in [2.05, 4.69) is 9.97 Å². The van der Waals surface area contributed by atoms with Gasteiger partial charge in [-0.2, -0.15) is 0 Å². The molecule has 0 saturated carbocycles. The van der Waals surface area contributed by atoms with Crippen molar-refractivity contribution in [2.75, 3.05) is 12.3 Å². The van der Waals surface area contributed by atoms with Gasteiger partial charge in [0.1, 0.15) is 10.6 Å². The number of para-hydroxylation sites is 2. The second-order valence-electron chi connectivity index (χ2n) is 6.98. The van der Waals surface area contributed by atoms with E-state index >= 15 is 0 Å². The Hall–Kier alpha value is -1.82. The molecule has 1 atom stereocenters. The molecule has 0 spiro atoms. The summed E-state index contributed by atoms with van der Waals surface area (Å²) in [5.74, 6) is 0.812. The number of carbonyl (C=O) groups excluding carboxylic acids is 1. The number of aromatic nitrogens is 2. The van der Waals surface area contributed by atoms with Crippen LogP contribution < -0.4 is 0 Å². The number of nitrogens with zero attached hydrogens (tertiary/aromatic N) is 3. The zero-order chi connectivity index (χ0) is 17.2. The summed E-state index contributed by atoms with van der Waals surface area (Å²) in [5.41, 5.74) is 1.34. The van der Waals surface area contributed by atoms with Gasteiger partial charge in [-0.3, -0.25) is 4.98 Å². The number of thioether (sulfide) groups is 1. The third-order valence-electron chi connectivity index (χ3n) is 3.86. The first-order valence-corrected chi connectivity index (χ1v) is 9.25. The van der Waals surface area contributed by atoms with Crippen molar-refractivity contribution in [1.82, 2.24) is 14.9 Å². The molecule has 5 nitrogen and oxygen atoms in total. The minimum absolute atomic E-state index is 0.193. The van der Waals surface area contributed by atoms with Crippen LogP contribution in [0.4, 0.5) is 4.79 Å². The summed E-state index contributed by atoms with van der Waals surface area (Å²) in [6.07, 6.45) is 3.62. The normalized spacial score (nSPS) is 18.1. The molecular formula is C18H23N3O2S. The van der Waals surface area contributed by atoms with Crippen LogP contribution in [0.2, 0.25) is 0 Å². The van der Waals surface area contributed by atoms with E-state index in [1.807, 2.05) is 49.9 Å². The van der Waals surface area contributed by atoms with Gasteiger partial charge < -0.3 is 9.64 Å². The van der Waals surface area contributed by atoms with Crippen LogP contribution >= 0.6 is 11.8 Å². The molecule has 0 unspecified atom stereocenters. The smallest absolute Gasteiger partial charge is 0.410 e. The van der Waals surface area contributed by atoms with Crippen molar-refractivity contribution in [2.24, 2.45) is 0 Å². The maximum atomic E-state index is 12.3. The zero-order valence-corrected chi connectivity index (χ0v) is 15.2. The first kappa shape index (κ1) is 17.0. The molecule has 1 aromatic carbocycles. The largest absolute Gasteiger partial charge is 0.444 e. The van der Waals surface area contributed by atoms with Crippen LogP contribution in [0.25, 0.3) is 11.0 Å². The molecule has 1 aliphatic heterocycles. The van der Waals surface area contributed by atoms with Crippen LogP contribution in [-0.2, 0) is 4.74 Å². The number of ether oxygens (including phenoxy) is 1. The fraction of sp³-hybridized carbons (Fsp3) is 0.500. The van der Waals surface area contributed by atoms with Crippen molar-refractivity contribution >= 4 is 28.9 Å². The lowest BCUT2D eigenvalue weighted by Gasteiger charge is -2.28.